The Labute approximate surface area is 134 Å². The molecule has 22 heavy (non-hydrogen) atoms. The highest BCUT2D eigenvalue weighted by molar-refractivity contribution is 7.10. The zero-order valence-corrected chi connectivity index (χ0v) is 13.5. The van der Waals surface area contributed by atoms with Crippen LogP contribution in [0.3, 0.4) is 0 Å². The first-order valence-electron chi connectivity index (χ1n) is 7.62. The predicted octanol–water partition coefficient (Wildman–Crippen LogP) is 2.42. The Kier molecular flexibility index (Phi) is 4.68. The Hall–Kier alpha value is -1.95. The maximum Gasteiger partial charge on any atom is 0.254 e. The van der Waals surface area contributed by atoms with Crippen molar-refractivity contribution in [1.82, 2.24) is 15.3 Å². The third kappa shape index (κ3) is 3.44. The van der Waals surface area contributed by atoms with Crippen LogP contribution in [0.15, 0.2) is 23.8 Å². The molecule has 2 aromatic rings. The molecule has 1 saturated heterocycles. The summed E-state index contributed by atoms with van der Waals surface area (Å²) in [7, 11) is 0. The summed E-state index contributed by atoms with van der Waals surface area (Å²) in [5.41, 5.74) is 1.81. The van der Waals surface area contributed by atoms with Crippen LogP contribution in [0.1, 0.15) is 33.6 Å². The lowest BCUT2D eigenvalue weighted by molar-refractivity contribution is 0.0953. The molecule has 0 bridgehead atoms. The maximum absolute atomic E-state index is 12.1. The summed E-state index contributed by atoms with van der Waals surface area (Å²) < 4.78 is 0. The van der Waals surface area contributed by atoms with E-state index in [4.69, 9.17) is 0 Å². The van der Waals surface area contributed by atoms with Gasteiger partial charge in [0.25, 0.3) is 5.91 Å². The van der Waals surface area contributed by atoms with Gasteiger partial charge in [0.2, 0.25) is 5.95 Å². The topological polar surface area (TPSA) is 58.1 Å². The first-order chi connectivity index (χ1) is 10.7. The molecule has 1 amide bonds. The summed E-state index contributed by atoms with van der Waals surface area (Å²) in [6, 6.07) is 2.10. The van der Waals surface area contributed by atoms with Gasteiger partial charge in [0.1, 0.15) is 0 Å². The first-order valence-corrected chi connectivity index (χ1v) is 8.50. The van der Waals surface area contributed by atoms with Gasteiger partial charge in [0.05, 0.1) is 5.56 Å². The number of aryl methyl sites for hydroxylation is 1. The molecule has 0 atom stereocenters. The van der Waals surface area contributed by atoms with E-state index in [0.717, 1.165) is 25.5 Å². The van der Waals surface area contributed by atoms with Gasteiger partial charge in [-0.25, -0.2) is 9.97 Å². The molecule has 3 heterocycles. The van der Waals surface area contributed by atoms with Crippen molar-refractivity contribution in [1.29, 1.82) is 0 Å². The molecule has 1 aliphatic heterocycles. The molecule has 0 aliphatic carbocycles. The lowest BCUT2D eigenvalue weighted by Gasteiger charge is -2.14. The van der Waals surface area contributed by atoms with Gasteiger partial charge >= 0.3 is 0 Å². The minimum atomic E-state index is -0.109. The molecule has 2 aromatic heterocycles. The van der Waals surface area contributed by atoms with Crippen molar-refractivity contribution in [2.45, 2.75) is 26.2 Å². The Morgan fingerprint density at radius 2 is 2.05 bits per heavy atom. The minimum Gasteiger partial charge on any atom is -0.352 e. The van der Waals surface area contributed by atoms with Gasteiger partial charge in [0, 0.05) is 36.9 Å². The number of carbonyl (C=O) groups excluding carboxylic acids is 1. The number of nitrogens with one attached hydrogen (secondary N) is 1. The number of amides is 1. The highest BCUT2D eigenvalue weighted by Crippen LogP contribution is 2.16. The molecular weight excluding hydrogens is 296 g/mol. The van der Waals surface area contributed by atoms with E-state index in [1.165, 1.54) is 23.3 Å². The Balaban J connectivity index is 1.52. The van der Waals surface area contributed by atoms with E-state index in [0.29, 0.717) is 12.1 Å². The molecule has 1 aliphatic rings. The van der Waals surface area contributed by atoms with E-state index in [9.17, 15) is 4.79 Å². The van der Waals surface area contributed by atoms with Crippen molar-refractivity contribution in [3.05, 3.63) is 39.8 Å². The van der Waals surface area contributed by atoms with Gasteiger partial charge in [-0.15, -0.1) is 11.3 Å². The number of anilines is 1. The van der Waals surface area contributed by atoms with Crippen LogP contribution in [-0.2, 0) is 6.42 Å². The zero-order valence-electron chi connectivity index (χ0n) is 12.7. The minimum absolute atomic E-state index is 0.109. The van der Waals surface area contributed by atoms with E-state index in [1.807, 2.05) is 0 Å². The van der Waals surface area contributed by atoms with E-state index in [1.54, 1.807) is 23.7 Å². The number of hydrogen-bond acceptors (Lipinski definition) is 5. The molecule has 0 radical (unpaired) electrons. The monoisotopic (exact) mass is 316 g/mol. The fourth-order valence-corrected chi connectivity index (χ4v) is 3.48. The maximum atomic E-state index is 12.1. The number of nitrogens with zero attached hydrogens (tertiary/aromatic N) is 3. The molecule has 116 valence electrons. The summed E-state index contributed by atoms with van der Waals surface area (Å²) in [4.78, 5) is 24.2. The lowest BCUT2D eigenvalue weighted by atomic mass is 10.2. The summed E-state index contributed by atoms with van der Waals surface area (Å²) in [6.45, 7) is 4.74. The second-order valence-corrected chi connectivity index (χ2v) is 6.50. The van der Waals surface area contributed by atoms with Crippen molar-refractivity contribution in [3.63, 3.8) is 0 Å². The standard InChI is InChI=1S/C16H20N4OS/c1-12-5-9-22-14(12)4-6-17-15(21)13-10-18-16(19-11-13)20-7-2-3-8-20/h5,9-11H,2-4,6-8H2,1H3,(H,17,21). The molecular formula is C16H20N4OS. The van der Waals surface area contributed by atoms with Crippen LogP contribution in [-0.4, -0.2) is 35.5 Å². The van der Waals surface area contributed by atoms with Crippen LogP contribution >= 0.6 is 11.3 Å². The van der Waals surface area contributed by atoms with Crippen molar-refractivity contribution in [3.8, 4) is 0 Å². The molecule has 0 aromatic carbocycles. The summed E-state index contributed by atoms with van der Waals surface area (Å²) in [5, 5.41) is 5.01. The van der Waals surface area contributed by atoms with Crippen molar-refractivity contribution in [2.75, 3.05) is 24.5 Å². The molecule has 5 nitrogen and oxygen atoms in total. The van der Waals surface area contributed by atoms with Gasteiger partial charge in [-0.1, -0.05) is 0 Å². The summed E-state index contributed by atoms with van der Waals surface area (Å²) in [6.07, 6.45) is 6.47. The van der Waals surface area contributed by atoms with Crippen LogP contribution in [0.2, 0.25) is 0 Å². The quantitative estimate of drug-likeness (QED) is 0.920. The third-order valence-electron chi connectivity index (χ3n) is 3.90. The smallest absolute Gasteiger partial charge is 0.254 e. The van der Waals surface area contributed by atoms with Crippen LogP contribution < -0.4 is 10.2 Å². The Bertz CT molecular complexity index is 632. The summed E-state index contributed by atoms with van der Waals surface area (Å²) in [5.74, 6) is 0.616. The number of aromatic nitrogens is 2. The van der Waals surface area contributed by atoms with Gasteiger partial charge in [0.15, 0.2) is 0 Å². The van der Waals surface area contributed by atoms with Gasteiger partial charge < -0.3 is 10.2 Å². The van der Waals surface area contributed by atoms with Crippen molar-refractivity contribution < 1.29 is 4.79 Å². The normalized spacial score (nSPS) is 14.3. The van der Waals surface area contributed by atoms with Crippen molar-refractivity contribution >= 4 is 23.2 Å². The number of thiophene rings is 1. The predicted molar refractivity (Wildman–Crippen MR) is 88.6 cm³/mol. The second-order valence-electron chi connectivity index (χ2n) is 5.50. The second kappa shape index (κ2) is 6.87. The van der Waals surface area contributed by atoms with Crippen LogP contribution in [0.4, 0.5) is 5.95 Å². The number of carbonyl (C=O) groups is 1. The highest BCUT2D eigenvalue weighted by Gasteiger charge is 2.15. The average Bonchev–Trinajstić information content (AvgIpc) is 3.20. The average molecular weight is 316 g/mol. The number of hydrogen-bond donors (Lipinski definition) is 1. The Morgan fingerprint density at radius 1 is 1.32 bits per heavy atom. The van der Waals surface area contributed by atoms with E-state index >= 15 is 0 Å². The molecule has 0 unspecified atom stereocenters. The molecule has 1 fully saturated rings. The van der Waals surface area contributed by atoms with E-state index < -0.39 is 0 Å². The van der Waals surface area contributed by atoms with E-state index in [2.05, 4.69) is 38.6 Å². The fraction of sp³-hybridized carbons (Fsp3) is 0.438. The van der Waals surface area contributed by atoms with Gasteiger partial charge in [-0.05, 0) is 43.2 Å². The third-order valence-corrected chi connectivity index (χ3v) is 4.98. The summed E-state index contributed by atoms with van der Waals surface area (Å²) >= 11 is 1.73. The number of rotatable bonds is 5. The highest BCUT2D eigenvalue weighted by atomic mass is 32.1. The van der Waals surface area contributed by atoms with Crippen LogP contribution in [0, 0.1) is 6.92 Å². The van der Waals surface area contributed by atoms with Crippen LogP contribution in [0.5, 0.6) is 0 Å². The van der Waals surface area contributed by atoms with Gasteiger partial charge in [-0.2, -0.15) is 0 Å². The molecule has 0 spiro atoms. The van der Waals surface area contributed by atoms with E-state index in [-0.39, 0.29) is 5.91 Å². The Morgan fingerprint density at radius 3 is 2.68 bits per heavy atom. The van der Waals surface area contributed by atoms with Gasteiger partial charge in [-0.3, -0.25) is 4.79 Å². The lowest BCUT2D eigenvalue weighted by Crippen LogP contribution is -2.26. The molecule has 0 saturated carbocycles. The molecule has 3 rings (SSSR count). The molecule has 1 N–H and O–H groups in total. The van der Waals surface area contributed by atoms with Crippen molar-refractivity contribution in [2.24, 2.45) is 0 Å². The molecule has 6 heteroatoms. The zero-order chi connectivity index (χ0) is 15.4. The fourth-order valence-electron chi connectivity index (χ4n) is 2.57. The van der Waals surface area contributed by atoms with Crippen LogP contribution in [0.25, 0.3) is 0 Å². The SMILES string of the molecule is Cc1ccsc1CCNC(=O)c1cnc(N2CCCC2)nc1. The largest absolute Gasteiger partial charge is 0.352 e. The first kappa shape index (κ1) is 15.0.